The fourth-order valence-corrected chi connectivity index (χ4v) is 4.87. The van der Waals surface area contributed by atoms with Gasteiger partial charge in [-0.25, -0.2) is 12.4 Å². The minimum Gasteiger partial charge on any atom is -0.497 e. The summed E-state index contributed by atoms with van der Waals surface area (Å²) in [6.45, 7) is 3.88. The third-order valence-electron chi connectivity index (χ3n) is 4.62. The molecule has 6 heteroatoms. The Morgan fingerprint density at radius 1 is 1.04 bits per heavy atom. The van der Waals surface area contributed by atoms with Crippen molar-refractivity contribution < 1.29 is 13.2 Å². The monoisotopic (exact) mass is 390 g/mol. The summed E-state index contributed by atoms with van der Waals surface area (Å²) in [7, 11) is -2.22. The molecule has 0 aliphatic heterocycles. The van der Waals surface area contributed by atoms with Crippen molar-refractivity contribution in [3.63, 3.8) is 0 Å². The summed E-state index contributed by atoms with van der Waals surface area (Å²) in [6, 6.07) is 17.7. The Labute approximate surface area is 163 Å². The zero-order chi connectivity index (χ0) is 19.7. The number of nitrogens with zero attached hydrogens (tertiary/aromatic N) is 2. The summed E-state index contributed by atoms with van der Waals surface area (Å²) < 4.78 is 33.4. The Morgan fingerprint density at radius 2 is 1.75 bits per heavy atom. The van der Waals surface area contributed by atoms with Crippen molar-refractivity contribution in [2.24, 2.45) is 0 Å². The molecule has 0 saturated carbocycles. The smallest absolute Gasteiger partial charge is 0.268 e. The highest BCUT2D eigenvalue weighted by molar-refractivity contribution is 7.90. The predicted molar refractivity (Wildman–Crippen MR) is 111 cm³/mol. The molecule has 0 amide bonds. The molecule has 0 fully saturated rings. The Bertz CT molecular complexity index is 1260. The standard InChI is InChI=1S/C22H18N2O3S/c1-3-20-22(16-9-11-17(27-2)12-10-16)19-13-14-23-15-21(19)24(20)28(25,26)18-7-5-4-6-8-18/h3-15H,1H2,2H3. The number of aromatic nitrogens is 2. The second-order valence-electron chi connectivity index (χ2n) is 6.17. The van der Waals surface area contributed by atoms with E-state index in [2.05, 4.69) is 11.6 Å². The van der Waals surface area contributed by atoms with Crippen LogP contribution in [0.5, 0.6) is 5.75 Å². The highest BCUT2D eigenvalue weighted by atomic mass is 32.2. The number of benzene rings is 2. The number of hydrogen-bond donors (Lipinski definition) is 0. The van der Waals surface area contributed by atoms with Crippen molar-refractivity contribution >= 4 is 27.0 Å². The van der Waals surface area contributed by atoms with Gasteiger partial charge in [-0.15, -0.1) is 0 Å². The maximum atomic E-state index is 13.4. The zero-order valence-electron chi connectivity index (χ0n) is 15.2. The van der Waals surface area contributed by atoms with E-state index >= 15 is 0 Å². The van der Waals surface area contributed by atoms with Gasteiger partial charge in [0.05, 0.1) is 29.4 Å². The third kappa shape index (κ3) is 2.78. The fourth-order valence-electron chi connectivity index (χ4n) is 3.33. The van der Waals surface area contributed by atoms with Crippen LogP contribution < -0.4 is 4.74 Å². The van der Waals surface area contributed by atoms with E-state index in [0.717, 1.165) is 22.3 Å². The second-order valence-corrected chi connectivity index (χ2v) is 7.95. The van der Waals surface area contributed by atoms with E-state index in [1.165, 1.54) is 3.97 Å². The molecule has 0 saturated heterocycles. The first-order valence-corrected chi connectivity index (χ1v) is 10.1. The highest BCUT2D eigenvalue weighted by Gasteiger charge is 2.26. The van der Waals surface area contributed by atoms with E-state index in [1.54, 1.807) is 55.9 Å². The second kappa shape index (κ2) is 6.98. The molecule has 28 heavy (non-hydrogen) atoms. The van der Waals surface area contributed by atoms with Gasteiger partial charge < -0.3 is 4.74 Å². The average Bonchev–Trinajstić information content (AvgIpc) is 3.09. The zero-order valence-corrected chi connectivity index (χ0v) is 16.1. The summed E-state index contributed by atoms with van der Waals surface area (Å²) in [5.74, 6) is 0.728. The molecule has 2 aromatic heterocycles. The average molecular weight is 390 g/mol. The van der Waals surface area contributed by atoms with E-state index in [4.69, 9.17) is 4.74 Å². The van der Waals surface area contributed by atoms with Gasteiger partial charge in [0.2, 0.25) is 0 Å². The molecule has 0 N–H and O–H groups in total. The Balaban J connectivity index is 2.07. The van der Waals surface area contributed by atoms with Gasteiger partial charge in [0.25, 0.3) is 10.0 Å². The van der Waals surface area contributed by atoms with E-state index < -0.39 is 10.0 Å². The molecule has 0 bridgehead atoms. The predicted octanol–water partition coefficient (Wildman–Crippen LogP) is 4.59. The lowest BCUT2D eigenvalue weighted by Gasteiger charge is -2.11. The Morgan fingerprint density at radius 3 is 2.39 bits per heavy atom. The van der Waals surface area contributed by atoms with Crippen LogP contribution in [0, 0.1) is 0 Å². The molecule has 0 aliphatic carbocycles. The number of fused-ring (bicyclic) bond motifs is 1. The van der Waals surface area contributed by atoms with E-state index in [9.17, 15) is 8.42 Å². The molecule has 2 aromatic carbocycles. The molecule has 0 aliphatic rings. The number of rotatable bonds is 5. The first kappa shape index (κ1) is 18.0. The summed E-state index contributed by atoms with van der Waals surface area (Å²) >= 11 is 0. The summed E-state index contributed by atoms with van der Waals surface area (Å²) in [5.41, 5.74) is 2.66. The minimum atomic E-state index is -3.83. The molecule has 0 atom stereocenters. The van der Waals surface area contributed by atoms with Crippen molar-refractivity contribution in [3.8, 4) is 16.9 Å². The maximum absolute atomic E-state index is 13.4. The van der Waals surface area contributed by atoms with Gasteiger partial charge >= 0.3 is 0 Å². The van der Waals surface area contributed by atoms with Crippen LogP contribution in [0.1, 0.15) is 5.69 Å². The lowest BCUT2D eigenvalue weighted by atomic mass is 10.0. The molecular formula is C22H18N2O3S. The van der Waals surface area contributed by atoms with E-state index in [1.807, 2.05) is 30.3 Å². The van der Waals surface area contributed by atoms with Crippen LogP contribution in [0.15, 0.2) is 84.5 Å². The van der Waals surface area contributed by atoms with Crippen LogP contribution in [-0.2, 0) is 10.0 Å². The number of hydrogen-bond acceptors (Lipinski definition) is 4. The molecule has 0 unspecified atom stereocenters. The molecular weight excluding hydrogens is 372 g/mol. The van der Waals surface area contributed by atoms with Crippen LogP contribution in [0.2, 0.25) is 0 Å². The van der Waals surface area contributed by atoms with Crippen LogP contribution in [0.3, 0.4) is 0 Å². The van der Waals surface area contributed by atoms with Crippen molar-refractivity contribution in [1.29, 1.82) is 0 Å². The SMILES string of the molecule is C=Cc1c(-c2ccc(OC)cc2)c2ccncc2n1S(=O)(=O)c1ccccc1. The third-order valence-corrected chi connectivity index (χ3v) is 6.36. The lowest BCUT2D eigenvalue weighted by Crippen LogP contribution is -2.14. The minimum absolute atomic E-state index is 0.208. The van der Waals surface area contributed by atoms with Gasteiger partial charge in [-0.1, -0.05) is 36.9 Å². The van der Waals surface area contributed by atoms with Gasteiger partial charge in [0.15, 0.2) is 0 Å². The molecule has 0 spiro atoms. The molecule has 2 heterocycles. The van der Waals surface area contributed by atoms with Crippen molar-refractivity contribution in [3.05, 3.63) is 85.3 Å². The van der Waals surface area contributed by atoms with Gasteiger partial charge in [-0.2, -0.15) is 0 Å². The number of ether oxygens (including phenoxy) is 1. The van der Waals surface area contributed by atoms with Crippen molar-refractivity contribution in [2.45, 2.75) is 4.90 Å². The fraction of sp³-hybridized carbons (Fsp3) is 0.0455. The van der Waals surface area contributed by atoms with Gasteiger partial charge in [-0.3, -0.25) is 4.98 Å². The van der Waals surface area contributed by atoms with Crippen molar-refractivity contribution in [2.75, 3.05) is 7.11 Å². The molecule has 0 radical (unpaired) electrons. The van der Waals surface area contributed by atoms with Crippen LogP contribution in [-0.4, -0.2) is 24.5 Å². The number of methoxy groups -OCH3 is 1. The van der Waals surface area contributed by atoms with Gasteiger partial charge in [-0.05, 0) is 42.0 Å². The molecule has 4 rings (SSSR count). The molecule has 4 aromatic rings. The lowest BCUT2D eigenvalue weighted by molar-refractivity contribution is 0.415. The topological polar surface area (TPSA) is 61.2 Å². The Kier molecular flexibility index (Phi) is 4.49. The first-order chi connectivity index (χ1) is 13.6. The van der Waals surface area contributed by atoms with Crippen LogP contribution in [0.4, 0.5) is 0 Å². The van der Waals surface area contributed by atoms with E-state index in [-0.39, 0.29) is 4.90 Å². The van der Waals surface area contributed by atoms with Gasteiger partial charge in [0.1, 0.15) is 5.75 Å². The van der Waals surface area contributed by atoms with E-state index in [0.29, 0.717) is 11.2 Å². The summed E-state index contributed by atoms with van der Waals surface area (Å²) in [4.78, 5) is 4.36. The Hall–Kier alpha value is -3.38. The summed E-state index contributed by atoms with van der Waals surface area (Å²) in [6.07, 6.45) is 4.79. The number of pyridine rings is 1. The normalized spacial score (nSPS) is 11.5. The van der Waals surface area contributed by atoms with Crippen molar-refractivity contribution in [1.82, 2.24) is 8.96 Å². The maximum Gasteiger partial charge on any atom is 0.268 e. The first-order valence-electron chi connectivity index (χ1n) is 8.64. The van der Waals surface area contributed by atoms with Crippen LogP contribution >= 0.6 is 0 Å². The molecule has 5 nitrogen and oxygen atoms in total. The quantitative estimate of drug-likeness (QED) is 0.500. The highest BCUT2D eigenvalue weighted by Crippen LogP contribution is 2.38. The largest absolute Gasteiger partial charge is 0.497 e. The van der Waals surface area contributed by atoms with Crippen LogP contribution in [0.25, 0.3) is 28.1 Å². The molecule has 140 valence electrons. The van der Waals surface area contributed by atoms with Gasteiger partial charge in [0, 0.05) is 17.1 Å². The summed E-state index contributed by atoms with van der Waals surface area (Å²) in [5, 5.41) is 0.787.